The van der Waals surface area contributed by atoms with E-state index in [1.54, 1.807) is 24.3 Å². The molecule has 7 nitrogen and oxygen atoms in total. The number of nitrogens with zero attached hydrogens (tertiary/aromatic N) is 1. The summed E-state index contributed by atoms with van der Waals surface area (Å²) in [5, 5.41) is 5.88. The minimum absolute atomic E-state index is 0.137. The van der Waals surface area contributed by atoms with Gasteiger partial charge in [0, 0.05) is 31.0 Å². The van der Waals surface area contributed by atoms with Crippen LogP contribution in [0.3, 0.4) is 0 Å². The van der Waals surface area contributed by atoms with Crippen molar-refractivity contribution in [2.75, 3.05) is 44.1 Å². The van der Waals surface area contributed by atoms with Crippen LogP contribution in [0, 0.1) is 5.92 Å². The summed E-state index contributed by atoms with van der Waals surface area (Å²) in [5.74, 6) is 0.680. The Bertz CT molecular complexity index is 914. The summed E-state index contributed by atoms with van der Waals surface area (Å²) in [6.45, 7) is 6.55. The van der Waals surface area contributed by atoms with Crippen molar-refractivity contribution in [3.05, 3.63) is 47.5 Å². The first-order chi connectivity index (χ1) is 14.9. The molecular formula is C24H31N3O4. The Morgan fingerprint density at radius 3 is 2.23 bits per heavy atom. The van der Waals surface area contributed by atoms with E-state index in [1.807, 2.05) is 12.1 Å². The first kappa shape index (κ1) is 22.5. The third-order valence-corrected chi connectivity index (χ3v) is 5.27. The van der Waals surface area contributed by atoms with Crippen molar-refractivity contribution in [1.29, 1.82) is 0 Å². The summed E-state index contributed by atoms with van der Waals surface area (Å²) in [6.07, 6.45) is 2.22. The number of anilines is 2. The number of methoxy groups -OCH3 is 2. The molecule has 1 aliphatic heterocycles. The van der Waals surface area contributed by atoms with Crippen LogP contribution in [0.25, 0.3) is 0 Å². The topological polar surface area (TPSA) is 79.9 Å². The monoisotopic (exact) mass is 425 g/mol. The number of hydrogen-bond donors (Lipinski definition) is 2. The van der Waals surface area contributed by atoms with Crippen LogP contribution in [0.4, 0.5) is 11.4 Å². The van der Waals surface area contributed by atoms with E-state index in [1.165, 1.54) is 14.2 Å². The van der Waals surface area contributed by atoms with Crippen LogP contribution in [0.15, 0.2) is 36.4 Å². The number of nitrogens with one attached hydrogen (secondary N) is 2. The number of carbonyl (C=O) groups is 2. The molecule has 0 aliphatic carbocycles. The Labute approximate surface area is 183 Å². The fourth-order valence-electron chi connectivity index (χ4n) is 3.69. The molecule has 1 saturated heterocycles. The summed E-state index contributed by atoms with van der Waals surface area (Å²) in [7, 11) is 3.02. The molecule has 0 aromatic heterocycles. The zero-order valence-corrected chi connectivity index (χ0v) is 18.7. The molecule has 1 fully saturated rings. The third-order valence-electron chi connectivity index (χ3n) is 5.27. The minimum atomic E-state index is -0.364. The molecule has 3 rings (SSSR count). The molecule has 0 bridgehead atoms. The van der Waals surface area contributed by atoms with Crippen molar-refractivity contribution >= 4 is 23.2 Å². The van der Waals surface area contributed by atoms with E-state index in [0.29, 0.717) is 40.8 Å². The van der Waals surface area contributed by atoms with E-state index in [4.69, 9.17) is 9.47 Å². The van der Waals surface area contributed by atoms with Crippen molar-refractivity contribution in [1.82, 2.24) is 5.32 Å². The van der Waals surface area contributed by atoms with Crippen LogP contribution >= 0.6 is 0 Å². The smallest absolute Gasteiger partial charge is 0.263 e. The summed E-state index contributed by atoms with van der Waals surface area (Å²) in [6, 6.07) is 10.6. The molecule has 1 heterocycles. The molecule has 0 atom stereocenters. The number of hydrogen-bond acceptors (Lipinski definition) is 5. The molecule has 166 valence electrons. The van der Waals surface area contributed by atoms with E-state index in [9.17, 15) is 9.59 Å². The summed E-state index contributed by atoms with van der Waals surface area (Å²) < 4.78 is 10.7. The van der Waals surface area contributed by atoms with Gasteiger partial charge in [0.05, 0.1) is 19.8 Å². The second-order valence-electron chi connectivity index (χ2n) is 8.02. The maximum absolute atomic E-state index is 13.0. The quantitative estimate of drug-likeness (QED) is 0.670. The average molecular weight is 426 g/mol. The molecule has 31 heavy (non-hydrogen) atoms. The maximum Gasteiger partial charge on any atom is 0.263 e. The summed E-state index contributed by atoms with van der Waals surface area (Å²) >= 11 is 0. The molecule has 2 N–H and O–H groups in total. The predicted octanol–water partition coefficient (Wildman–Crippen LogP) is 3.94. The number of ether oxygens (including phenoxy) is 2. The number of rotatable bonds is 8. The lowest BCUT2D eigenvalue weighted by Crippen LogP contribution is -2.30. The number of amides is 2. The molecule has 0 radical (unpaired) electrons. The molecule has 2 amide bonds. The van der Waals surface area contributed by atoms with Gasteiger partial charge in [0.25, 0.3) is 11.8 Å². The van der Waals surface area contributed by atoms with Crippen molar-refractivity contribution in [3.8, 4) is 11.5 Å². The molecule has 0 unspecified atom stereocenters. The van der Waals surface area contributed by atoms with Crippen molar-refractivity contribution in [2.45, 2.75) is 26.7 Å². The van der Waals surface area contributed by atoms with Crippen LogP contribution in [-0.2, 0) is 0 Å². The van der Waals surface area contributed by atoms with Crippen LogP contribution < -0.4 is 25.0 Å². The van der Waals surface area contributed by atoms with Crippen LogP contribution in [0.5, 0.6) is 11.5 Å². The van der Waals surface area contributed by atoms with Gasteiger partial charge in [-0.2, -0.15) is 0 Å². The second-order valence-corrected chi connectivity index (χ2v) is 8.02. The number of carbonyl (C=O) groups excluding carboxylic acids is 2. The highest BCUT2D eigenvalue weighted by Gasteiger charge is 2.22. The lowest BCUT2D eigenvalue weighted by Gasteiger charge is -2.22. The van der Waals surface area contributed by atoms with E-state index in [0.717, 1.165) is 31.6 Å². The van der Waals surface area contributed by atoms with Crippen molar-refractivity contribution in [2.24, 2.45) is 5.92 Å². The van der Waals surface area contributed by atoms with Crippen molar-refractivity contribution < 1.29 is 19.1 Å². The van der Waals surface area contributed by atoms with Crippen LogP contribution in [-0.4, -0.2) is 45.7 Å². The van der Waals surface area contributed by atoms with Gasteiger partial charge >= 0.3 is 0 Å². The van der Waals surface area contributed by atoms with Gasteiger partial charge < -0.3 is 25.0 Å². The zero-order valence-electron chi connectivity index (χ0n) is 18.7. The molecule has 2 aromatic rings. The first-order valence-corrected chi connectivity index (χ1v) is 10.6. The van der Waals surface area contributed by atoms with E-state index in [2.05, 4.69) is 29.4 Å². The largest absolute Gasteiger partial charge is 0.496 e. The fourth-order valence-corrected chi connectivity index (χ4v) is 3.69. The highest BCUT2D eigenvalue weighted by Crippen LogP contribution is 2.31. The van der Waals surface area contributed by atoms with Gasteiger partial charge in [-0.25, -0.2) is 0 Å². The average Bonchev–Trinajstić information content (AvgIpc) is 3.31. The summed E-state index contributed by atoms with van der Waals surface area (Å²) in [4.78, 5) is 28.2. The van der Waals surface area contributed by atoms with Gasteiger partial charge in [0.2, 0.25) is 0 Å². The molecule has 0 saturated carbocycles. The van der Waals surface area contributed by atoms with Crippen LogP contribution in [0.2, 0.25) is 0 Å². The Morgan fingerprint density at radius 1 is 1.00 bits per heavy atom. The van der Waals surface area contributed by atoms with Gasteiger partial charge in [0.15, 0.2) is 0 Å². The van der Waals surface area contributed by atoms with Gasteiger partial charge in [-0.05, 0) is 49.1 Å². The predicted molar refractivity (Wildman–Crippen MR) is 123 cm³/mol. The Kier molecular flexibility index (Phi) is 7.39. The SMILES string of the molecule is COc1cccc(OC)c1C(=O)Nc1ccc(N2CCCC2)c(C(=O)NCC(C)C)c1. The minimum Gasteiger partial charge on any atom is -0.496 e. The molecule has 0 spiro atoms. The second kappa shape index (κ2) is 10.2. The van der Waals surface area contributed by atoms with Crippen LogP contribution in [0.1, 0.15) is 47.4 Å². The Balaban J connectivity index is 1.91. The maximum atomic E-state index is 13.0. The Hall–Kier alpha value is -3.22. The molecule has 7 heteroatoms. The van der Waals surface area contributed by atoms with Gasteiger partial charge in [-0.15, -0.1) is 0 Å². The van der Waals surface area contributed by atoms with Gasteiger partial charge in [0.1, 0.15) is 17.1 Å². The summed E-state index contributed by atoms with van der Waals surface area (Å²) in [5.41, 5.74) is 2.30. The third kappa shape index (κ3) is 5.29. The van der Waals surface area contributed by atoms with E-state index >= 15 is 0 Å². The molecule has 1 aliphatic rings. The zero-order chi connectivity index (χ0) is 22.4. The highest BCUT2D eigenvalue weighted by molar-refractivity contribution is 6.09. The Morgan fingerprint density at radius 2 is 1.65 bits per heavy atom. The van der Waals surface area contributed by atoms with E-state index < -0.39 is 0 Å². The van der Waals surface area contributed by atoms with E-state index in [-0.39, 0.29) is 11.8 Å². The fraction of sp³-hybridized carbons (Fsp3) is 0.417. The normalized spacial score (nSPS) is 13.3. The standard InChI is InChI=1S/C24H31N3O4/c1-16(2)15-25-23(28)18-14-17(10-11-19(18)27-12-5-6-13-27)26-24(29)22-20(30-3)8-7-9-21(22)31-4/h7-11,14,16H,5-6,12-13,15H2,1-4H3,(H,25,28)(H,26,29). The lowest BCUT2D eigenvalue weighted by molar-refractivity contribution is 0.0948. The molecular weight excluding hydrogens is 394 g/mol. The van der Waals surface area contributed by atoms with Gasteiger partial charge in [-0.1, -0.05) is 19.9 Å². The first-order valence-electron chi connectivity index (χ1n) is 10.6. The molecule has 2 aromatic carbocycles. The lowest BCUT2D eigenvalue weighted by atomic mass is 10.1. The number of benzene rings is 2. The highest BCUT2D eigenvalue weighted by atomic mass is 16.5. The van der Waals surface area contributed by atoms with Gasteiger partial charge in [-0.3, -0.25) is 9.59 Å². The van der Waals surface area contributed by atoms with Crippen molar-refractivity contribution in [3.63, 3.8) is 0 Å².